The van der Waals surface area contributed by atoms with Gasteiger partial charge in [-0.2, -0.15) is 0 Å². The fraction of sp³-hybridized carbons (Fsp3) is 0.273. The standard InChI is InChI=1S/C22H25N5O3/c1-14(28)24-16-6-4-15(5-7-16)18-13-27-11-10-23-22(27)21(26-18)25-17-8-9-19(29-2)20(12-17)30-3/h4-9,12-13,22-23H,10-11H2,1-3H3,(H,24,28)(H,25,26). The molecule has 0 bridgehead atoms. The summed E-state index contributed by atoms with van der Waals surface area (Å²) in [5, 5.41) is 9.68. The lowest BCUT2D eigenvalue weighted by atomic mass is 10.1. The average Bonchev–Trinajstić information content (AvgIpc) is 3.23. The van der Waals surface area contributed by atoms with Gasteiger partial charge in [-0.05, 0) is 24.3 Å². The van der Waals surface area contributed by atoms with Gasteiger partial charge >= 0.3 is 0 Å². The fourth-order valence-electron chi connectivity index (χ4n) is 3.57. The van der Waals surface area contributed by atoms with Crippen molar-refractivity contribution in [1.82, 2.24) is 10.2 Å². The van der Waals surface area contributed by atoms with E-state index >= 15 is 0 Å². The number of rotatable bonds is 5. The first-order valence-electron chi connectivity index (χ1n) is 9.74. The number of carbonyl (C=O) groups is 1. The Bertz CT molecular complexity index is 1000. The molecule has 0 aliphatic carbocycles. The number of hydrogen-bond donors (Lipinski definition) is 3. The van der Waals surface area contributed by atoms with Crippen LogP contribution in [0.3, 0.4) is 0 Å². The van der Waals surface area contributed by atoms with Crippen molar-refractivity contribution in [2.75, 3.05) is 37.9 Å². The largest absolute Gasteiger partial charge is 0.493 e. The van der Waals surface area contributed by atoms with E-state index in [1.165, 1.54) is 6.92 Å². The second-order valence-corrected chi connectivity index (χ2v) is 7.06. The first kappa shape index (κ1) is 19.8. The third-order valence-electron chi connectivity index (χ3n) is 4.98. The van der Waals surface area contributed by atoms with Crippen molar-refractivity contribution in [2.24, 2.45) is 4.99 Å². The lowest BCUT2D eigenvalue weighted by Gasteiger charge is -2.29. The molecular weight excluding hydrogens is 382 g/mol. The quantitative estimate of drug-likeness (QED) is 0.707. The van der Waals surface area contributed by atoms with Gasteiger partial charge in [-0.25, -0.2) is 4.99 Å². The molecule has 3 N–H and O–H groups in total. The molecular formula is C22H25N5O3. The predicted octanol–water partition coefficient (Wildman–Crippen LogP) is 2.72. The molecule has 2 aliphatic rings. The molecule has 1 amide bonds. The SMILES string of the molecule is COc1ccc(NC2=NC(c3ccc(NC(C)=O)cc3)=CN3CCNC23)cc1OC. The third-order valence-corrected chi connectivity index (χ3v) is 4.98. The van der Waals surface area contributed by atoms with Crippen molar-refractivity contribution in [3.8, 4) is 11.5 Å². The normalized spacial score (nSPS) is 17.6. The van der Waals surface area contributed by atoms with E-state index in [0.29, 0.717) is 11.5 Å². The minimum Gasteiger partial charge on any atom is -0.493 e. The highest BCUT2D eigenvalue weighted by molar-refractivity contribution is 6.03. The van der Waals surface area contributed by atoms with Crippen LogP contribution in [-0.2, 0) is 4.79 Å². The molecule has 2 aromatic rings. The summed E-state index contributed by atoms with van der Waals surface area (Å²) in [6.07, 6.45) is 2.05. The number of anilines is 2. The van der Waals surface area contributed by atoms with Crippen LogP contribution >= 0.6 is 0 Å². The fourth-order valence-corrected chi connectivity index (χ4v) is 3.57. The Morgan fingerprint density at radius 3 is 2.53 bits per heavy atom. The smallest absolute Gasteiger partial charge is 0.221 e. The van der Waals surface area contributed by atoms with E-state index in [-0.39, 0.29) is 12.1 Å². The van der Waals surface area contributed by atoms with Gasteiger partial charge in [0, 0.05) is 49.2 Å². The number of ether oxygens (including phenoxy) is 2. The van der Waals surface area contributed by atoms with E-state index in [2.05, 4.69) is 27.1 Å². The molecule has 156 valence electrons. The molecule has 1 fully saturated rings. The molecule has 1 atom stereocenters. The Kier molecular flexibility index (Phi) is 5.58. The summed E-state index contributed by atoms with van der Waals surface area (Å²) in [4.78, 5) is 18.4. The van der Waals surface area contributed by atoms with Crippen molar-refractivity contribution in [1.29, 1.82) is 0 Å². The molecule has 4 rings (SSSR count). The van der Waals surface area contributed by atoms with E-state index in [1.807, 2.05) is 42.5 Å². The van der Waals surface area contributed by atoms with Crippen LogP contribution in [0.1, 0.15) is 12.5 Å². The van der Waals surface area contributed by atoms with Crippen LogP contribution in [0.25, 0.3) is 5.70 Å². The average molecular weight is 407 g/mol. The summed E-state index contributed by atoms with van der Waals surface area (Å²) in [6, 6.07) is 13.4. The van der Waals surface area contributed by atoms with Crippen LogP contribution in [0.4, 0.5) is 11.4 Å². The van der Waals surface area contributed by atoms with Crippen LogP contribution < -0.4 is 25.4 Å². The summed E-state index contributed by atoms with van der Waals surface area (Å²) in [7, 11) is 3.23. The number of benzene rings is 2. The molecule has 2 aromatic carbocycles. The van der Waals surface area contributed by atoms with Crippen LogP contribution in [0.5, 0.6) is 11.5 Å². The Balaban J connectivity index is 1.61. The second kappa shape index (κ2) is 8.46. The van der Waals surface area contributed by atoms with E-state index in [4.69, 9.17) is 14.5 Å². The van der Waals surface area contributed by atoms with Crippen LogP contribution in [-0.4, -0.2) is 50.1 Å². The molecule has 8 nitrogen and oxygen atoms in total. The Morgan fingerprint density at radius 1 is 1.10 bits per heavy atom. The number of nitrogens with one attached hydrogen (secondary N) is 3. The van der Waals surface area contributed by atoms with Gasteiger partial charge in [0.25, 0.3) is 0 Å². The van der Waals surface area contributed by atoms with Crippen LogP contribution in [0.15, 0.2) is 53.7 Å². The summed E-state index contributed by atoms with van der Waals surface area (Å²) in [6.45, 7) is 3.27. The maximum absolute atomic E-state index is 11.2. The summed E-state index contributed by atoms with van der Waals surface area (Å²) >= 11 is 0. The summed E-state index contributed by atoms with van der Waals surface area (Å²) in [5.41, 5.74) is 3.45. The maximum Gasteiger partial charge on any atom is 0.221 e. The van der Waals surface area contributed by atoms with Gasteiger partial charge in [-0.15, -0.1) is 0 Å². The molecule has 2 heterocycles. The number of hydrogen-bond acceptors (Lipinski definition) is 7. The number of fused-ring (bicyclic) bond motifs is 1. The molecule has 30 heavy (non-hydrogen) atoms. The van der Waals surface area contributed by atoms with Crippen LogP contribution in [0, 0.1) is 0 Å². The Morgan fingerprint density at radius 2 is 1.83 bits per heavy atom. The van der Waals surface area contributed by atoms with Gasteiger partial charge in [0.2, 0.25) is 5.91 Å². The van der Waals surface area contributed by atoms with Gasteiger partial charge < -0.3 is 25.0 Å². The molecule has 0 saturated carbocycles. The van der Waals surface area contributed by atoms with Crippen LogP contribution in [0.2, 0.25) is 0 Å². The summed E-state index contributed by atoms with van der Waals surface area (Å²) in [5.74, 6) is 2.04. The highest BCUT2D eigenvalue weighted by Gasteiger charge is 2.30. The van der Waals surface area contributed by atoms with Crippen molar-refractivity contribution >= 4 is 28.8 Å². The molecule has 2 aliphatic heterocycles. The van der Waals surface area contributed by atoms with E-state index in [1.54, 1.807) is 14.2 Å². The highest BCUT2D eigenvalue weighted by atomic mass is 16.5. The monoisotopic (exact) mass is 407 g/mol. The van der Waals surface area contributed by atoms with Crippen molar-refractivity contribution in [2.45, 2.75) is 13.1 Å². The number of aliphatic imine (C=N–C) groups is 1. The third kappa shape index (κ3) is 4.08. The van der Waals surface area contributed by atoms with Gasteiger partial charge in [-0.1, -0.05) is 12.1 Å². The number of amides is 1. The second-order valence-electron chi connectivity index (χ2n) is 7.06. The topological polar surface area (TPSA) is 87.2 Å². The summed E-state index contributed by atoms with van der Waals surface area (Å²) < 4.78 is 10.7. The molecule has 0 spiro atoms. The predicted molar refractivity (Wildman–Crippen MR) is 118 cm³/mol. The Labute approximate surface area is 175 Å². The first-order valence-corrected chi connectivity index (χ1v) is 9.74. The molecule has 1 unspecified atom stereocenters. The van der Waals surface area contributed by atoms with Gasteiger partial charge in [0.1, 0.15) is 12.0 Å². The van der Waals surface area contributed by atoms with Crippen molar-refractivity contribution < 1.29 is 14.3 Å². The zero-order chi connectivity index (χ0) is 21.1. The van der Waals surface area contributed by atoms with Gasteiger partial charge in [-0.3, -0.25) is 10.1 Å². The number of carbonyl (C=O) groups excluding carboxylic acids is 1. The van der Waals surface area contributed by atoms with E-state index in [0.717, 1.165) is 41.6 Å². The zero-order valence-electron chi connectivity index (χ0n) is 17.2. The Hall–Kier alpha value is -3.52. The zero-order valence-corrected chi connectivity index (χ0v) is 17.2. The lowest BCUT2D eigenvalue weighted by Crippen LogP contribution is -2.45. The van der Waals surface area contributed by atoms with Crippen molar-refractivity contribution in [3.63, 3.8) is 0 Å². The lowest BCUT2D eigenvalue weighted by molar-refractivity contribution is -0.114. The highest BCUT2D eigenvalue weighted by Crippen LogP contribution is 2.31. The van der Waals surface area contributed by atoms with Crippen molar-refractivity contribution in [3.05, 3.63) is 54.2 Å². The minimum absolute atomic E-state index is 0.0134. The number of amidine groups is 1. The van der Waals surface area contributed by atoms with E-state index in [9.17, 15) is 4.79 Å². The molecule has 0 radical (unpaired) electrons. The molecule has 1 saturated heterocycles. The maximum atomic E-state index is 11.2. The number of nitrogens with zero attached hydrogens (tertiary/aromatic N) is 2. The minimum atomic E-state index is -0.0926. The molecule has 0 aromatic heterocycles. The first-order chi connectivity index (χ1) is 14.6. The van der Waals surface area contributed by atoms with E-state index < -0.39 is 0 Å². The van der Waals surface area contributed by atoms with Gasteiger partial charge in [0.15, 0.2) is 11.5 Å². The number of methoxy groups -OCH3 is 2. The van der Waals surface area contributed by atoms with Gasteiger partial charge in [0.05, 0.1) is 19.9 Å². The molecule has 8 heteroatoms.